The molecule has 1 unspecified atom stereocenters. The van der Waals surface area contributed by atoms with Gasteiger partial charge in [-0.15, -0.1) is 0 Å². The van der Waals surface area contributed by atoms with Crippen LogP contribution in [0, 0.1) is 5.41 Å². The number of ether oxygens (including phenoxy) is 1. The fourth-order valence-electron chi connectivity index (χ4n) is 2.88. The van der Waals surface area contributed by atoms with Gasteiger partial charge in [0.2, 0.25) is 0 Å². The van der Waals surface area contributed by atoms with Crippen LogP contribution in [0.15, 0.2) is 10.9 Å². The van der Waals surface area contributed by atoms with Crippen molar-refractivity contribution in [3.63, 3.8) is 0 Å². The first-order chi connectivity index (χ1) is 10.5. The van der Waals surface area contributed by atoms with Crippen LogP contribution in [0.3, 0.4) is 0 Å². The molecule has 0 radical (unpaired) electrons. The predicted molar refractivity (Wildman–Crippen MR) is 85.6 cm³/mol. The van der Waals surface area contributed by atoms with Crippen LogP contribution in [0.2, 0.25) is 0 Å². The summed E-state index contributed by atoms with van der Waals surface area (Å²) < 4.78 is 7.63. The molecule has 0 N–H and O–H groups in total. The molecule has 8 heteroatoms. The lowest BCUT2D eigenvalue weighted by Crippen LogP contribution is -2.33. The molecule has 0 aliphatic carbocycles. The molecular weight excluding hydrogens is 350 g/mol. The van der Waals surface area contributed by atoms with Crippen molar-refractivity contribution in [1.82, 2.24) is 19.7 Å². The second-order valence-corrected chi connectivity index (χ2v) is 6.51. The van der Waals surface area contributed by atoms with Crippen LogP contribution >= 0.6 is 15.9 Å². The maximum absolute atomic E-state index is 12.2. The van der Waals surface area contributed by atoms with Crippen LogP contribution < -0.4 is 4.90 Å². The number of aromatic nitrogens is 4. The highest BCUT2D eigenvalue weighted by Crippen LogP contribution is 2.37. The Bertz CT molecular complexity index is 731. The number of aryl methyl sites for hydroxylation is 1. The third-order valence-corrected chi connectivity index (χ3v) is 4.65. The van der Waals surface area contributed by atoms with Gasteiger partial charge in [-0.3, -0.25) is 4.79 Å². The van der Waals surface area contributed by atoms with Crippen molar-refractivity contribution in [2.24, 2.45) is 12.5 Å². The van der Waals surface area contributed by atoms with Crippen molar-refractivity contribution in [3.8, 4) is 0 Å². The second-order valence-electron chi connectivity index (χ2n) is 5.76. The SMILES string of the molecule is CCOC(=O)C1(C)CCN(c2ncnc3c2c(Br)nn3C)C1. The number of nitrogens with zero attached hydrogens (tertiary/aromatic N) is 5. The molecule has 0 bridgehead atoms. The van der Waals surface area contributed by atoms with Crippen molar-refractivity contribution in [3.05, 3.63) is 10.9 Å². The smallest absolute Gasteiger partial charge is 0.313 e. The first kappa shape index (κ1) is 15.2. The minimum absolute atomic E-state index is 0.145. The molecule has 22 heavy (non-hydrogen) atoms. The highest BCUT2D eigenvalue weighted by molar-refractivity contribution is 9.10. The third kappa shape index (κ3) is 2.35. The summed E-state index contributed by atoms with van der Waals surface area (Å²) in [6.07, 6.45) is 2.28. The van der Waals surface area contributed by atoms with E-state index in [0.717, 1.165) is 29.8 Å². The van der Waals surface area contributed by atoms with E-state index in [-0.39, 0.29) is 5.97 Å². The van der Waals surface area contributed by atoms with Gasteiger partial charge in [0, 0.05) is 20.1 Å². The summed E-state index contributed by atoms with van der Waals surface area (Å²) >= 11 is 3.47. The van der Waals surface area contributed by atoms with Gasteiger partial charge in [0.15, 0.2) is 5.65 Å². The normalized spacial score (nSPS) is 21.5. The second kappa shape index (κ2) is 5.49. The van der Waals surface area contributed by atoms with E-state index in [1.54, 1.807) is 4.68 Å². The van der Waals surface area contributed by atoms with Gasteiger partial charge in [-0.2, -0.15) is 5.10 Å². The summed E-state index contributed by atoms with van der Waals surface area (Å²) in [5, 5.41) is 5.21. The minimum atomic E-state index is -0.498. The van der Waals surface area contributed by atoms with E-state index in [1.807, 2.05) is 20.9 Å². The van der Waals surface area contributed by atoms with E-state index in [4.69, 9.17) is 4.74 Å². The number of carbonyl (C=O) groups is 1. The summed E-state index contributed by atoms with van der Waals surface area (Å²) in [6, 6.07) is 0. The quantitative estimate of drug-likeness (QED) is 0.771. The van der Waals surface area contributed by atoms with Crippen LogP contribution in [0.4, 0.5) is 5.82 Å². The van der Waals surface area contributed by atoms with E-state index >= 15 is 0 Å². The number of carbonyl (C=O) groups excluding carboxylic acids is 1. The monoisotopic (exact) mass is 367 g/mol. The number of hydrogen-bond acceptors (Lipinski definition) is 6. The van der Waals surface area contributed by atoms with Gasteiger partial charge in [0.1, 0.15) is 16.7 Å². The summed E-state index contributed by atoms with van der Waals surface area (Å²) in [4.78, 5) is 23.0. The largest absolute Gasteiger partial charge is 0.466 e. The molecule has 2 aromatic heterocycles. The zero-order valence-electron chi connectivity index (χ0n) is 12.8. The lowest BCUT2D eigenvalue weighted by atomic mass is 9.90. The molecule has 1 aliphatic rings. The summed E-state index contributed by atoms with van der Waals surface area (Å²) in [5.41, 5.74) is 0.267. The Labute approximate surface area is 136 Å². The molecule has 1 aliphatic heterocycles. The topological polar surface area (TPSA) is 73.1 Å². The van der Waals surface area contributed by atoms with Gasteiger partial charge in [-0.25, -0.2) is 14.6 Å². The van der Waals surface area contributed by atoms with Gasteiger partial charge < -0.3 is 9.64 Å². The highest BCUT2D eigenvalue weighted by Gasteiger charge is 2.42. The lowest BCUT2D eigenvalue weighted by molar-refractivity contribution is -0.153. The number of hydrogen-bond donors (Lipinski definition) is 0. The maximum atomic E-state index is 12.2. The van der Waals surface area contributed by atoms with Gasteiger partial charge in [-0.1, -0.05) is 0 Å². The average molecular weight is 368 g/mol. The minimum Gasteiger partial charge on any atom is -0.466 e. The fraction of sp³-hybridized carbons (Fsp3) is 0.571. The third-order valence-electron chi connectivity index (χ3n) is 4.10. The highest BCUT2D eigenvalue weighted by atomic mass is 79.9. The van der Waals surface area contributed by atoms with Crippen molar-refractivity contribution in [2.75, 3.05) is 24.6 Å². The first-order valence-corrected chi connectivity index (χ1v) is 8.01. The predicted octanol–water partition coefficient (Wildman–Crippen LogP) is 1.91. The number of esters is 1. The Morgan fingerprint density at radius 1 is 1.50 bits per heavy atom. The molecule has 3 rings (SSSR count). The molecule has 1 atom stereocenters. The lowest BCUT2D eigenvalue weighted by Gasteiger charge is -2.23. The van der Waals surface area contributed by atoms with Crippen LogP contribution in [0.25, 0.3) is 11.0 Å². The van der Waals surface area contributed by atoms with Gasteiger partial charge >= 0.3 is 5.97 Å². The molecule has 2 aromatic rings. The van der Waals surface area contributed by atoms with Gasteiger partial charge in [0.25, 0.3) is 0 Å². The zero-order valence-corrected chi connectivity index (χ0v) is 14.4. The van der Waals surface area contributed by atoms with E-state index in [2.05, 4.69) is 35.9 Å². The van der Waals surface area contributed by atoms with Crippen LogP contribution in [-0.4, -0.2) is 45.4 Å². The molecule has 1 saturated heterocycles. The standard InChI is InChI=1S/C14H18BrN5O2/c1-4-22-13(21)14(2)5-6-20(7-14)12-9-10(15)18-19(3)11(9)16-8-17-12/h8H,4-7H2,1-3H3. The van der Waals surface area contributed by atoms with Crippen LogP contribution in [-0.2, 0) is 16.6 Å². The van der Waals surface area contributed by atoms with Crippen molar-refractivity contribution in [1.29, 1.82) is 0 Å². The van der Waals surface area contributed by atoms with Crippen molar-refractivity contribution < 1.29 is 9.53 Å². The van der Waals surface area contributed by atoms with E-state index in [1.165, 1.54) is 6.33 Å². The summed E-state index contributed by atoms with van der Waals surface area (Å²) in [6.45, 7) is 5.51. The number of fused-ring (bicyclic) bond motifs is 1. The molecule has 0 aromatic carbocycles. The maximum Gasteiger partial charge on any atom is 0.313 e. The van der Waals surface area contributed by atoms with E-state index in [9.17, 15) is 4.79 Å². The van der Waals surface area contributed by atoms with E-state index < -0.39 is 5.41 Å². The molecule has 7 nitrogen and oxygen atoms in total. The molecular formula is C14H18BrN5O2. The molecule has 0 saturated carbocycles. The van der Waals surface area contributed by atoms with Crippen molar-refractivity contribution >= 4 is 38.8 Å². The first-order valence-electron chi connectivity index (χ1n) is 7.21. The molecule has 0 amide bonds. The Morgan fingerprint density at radius 3 is 3.00 bits per heavy atom. The zero-order chi connectivity index (χ0) is 15.9. The van der Waals surface area contributed by atoms with E-state index in [0.29, 0.717) is 17.8 Å². The Balaban J connectivity index is 1.95. The number of anilines is 1. The summed E-state index contributed by atoms with van der Waals surface area (Å²) in [5.74, 6) is 0.658. The fourth-order valence-corrected chi connectivity index (χ4v) is 3.47. The molecule has 118 valence electrons. The molecule has 0 spiro atoms. The van der Waals surface area contributed by atoms with Gasteiger partial charge in [0.05, 0.1) is 17.4 Å². The van der Waals surface area contributed by atoms with Gasteiger partial charge in [-0.05, 0) is 36.2 Å². The number of halogens is 1. The summed E-state index contributed by atoms with van der Waals surface area (Å²) in [7, 11) is 1.84. The average Bonchev–Trinajstić information content (AvgIpc) is 3.02. The van der Waals surface area contributed by atoms with Crippen LogP contribution in [0.1, 0.15) is 20.3 Å². The Morgan fingerprint density at radius 2 is 2.27 bits per heavy atom. The molecule has 1 fully saturated rings. The molecule has 3 heterocycles. The Kier molecular flexibility index (Phi) is 3.80. The Hall–Kier alpha value is -1.70. The number of rotatable bonds is 3. The van der Waals surface area contributed by atoms with Crippen LogP contribution in [0.5, 0.6) is 0 Å². The van der Waals surface area contributed by atoms with Crippen molar-refractivity contribution in [2.45, 2.75) is 20.3 Å².